The van der Waals surface area contributed by atoms with Crippen molar-refractivity contribution in [1.82, 2.24) is 0 Å². The van der Waals surface area contributed by atoms with Crippen molar-refractivity contribution < 1.29 is 0 Å². The maximum atomic E-state index is 2.38. The lowest BCUT2D eigenvalue weighted by Crippen LogP contribution is -2.24. The summed E-state index contributed by atoms with van der Waals surface area (Å²) in [6.45, 7) is 6.47. The van der Waals surface area contributed by atoms with Gasteiger partial charge in [-0.1, -0.05) is 30.3 Å². The maximum absolute atomic E-state index is 2.38. The fraction of sp³-hybridized carbons (Fsp3) is 0.368. The minimum Gasteiger partial charge on any atom is -0.373 e. The molecule has 0 N–H and O–H groups in total. The van der Waals surface area contributed by atoms with Crippen molar-refractivity contribution in [2.24, 2.45) is 0 Å². The van der Waals surface area contributed by atoms with Crippen molar-refractivity contribution in [2.75, 3.05) is 37.0 Å². The molecule has 21 heavy (non-hydrogen) atoms. The molecule has 0 aromatic heterocycles. The second-order valence-corrected chi connectivity index (χ2v) is 5.82. The topological polar surface area (TPSA) is 6.48 Å². The first kappa shape index (κ1) is 14.0. The Morgan fingerprint density at radius 3 is 2.29 bits per heavy atom. The number of fused-ring (bicyclic) bond motifs is 3. The van der Waals surface area contributed by atoms with Crippen LogP contribution >= 0.6 is 0 Å². The Morgan fingerprint density at radius 1 is 0.857 bits per heavy atom. The van der Waals surface area contributed by atoms with E-state index in [1.54, 1.807) is 0 Å². The van der Waals surface area contributed by atoms with Crippen molar-refractivity contribution in [1.29, 1.82) is 0 Å². The summed E-state index contributed by atoms with van der Waals surface area (Å²) in [4.78, 5) is 4.72. The summed E-state index contributed by atoms with van der Waals surface area (Å²) in [5.74, 6) is 0. The molecule has 2 aromatic rings. The van der Waals surface area contributed by atoms with E-state index in [2.05, 4.69) is 74.1 Å². The van der Waals surface area contributed by atoms with E-state index in [1.165, 1.54) is 33.6 Å². The van der Waals surface area contributed by atoms with Crippen LogP contribution in [0, 0.1) is 0 Å². The van der Waals surface area contributed by atoms with E-state index in [0.29, 0.717) is 0 Å². The quantitative estimate of drug-likeness (QED) is 0.707. The van der Waals surface area contributed by atoms with Crippen molar-refractivity contribution in [3.8, 4) is 11.1 Å². The molecule has 1 aliphatic carbocycles. The predicted molar refractivity (Wildman–Crippen MR) is 92.6 cm³/mol. The lowest BCUT2D eigenvalue weighted by atomic mass is 10.0. The number of benzene rings is 2. The zero-order chi connectivity index (χ0) is 15.0. The molecule has 0 atom stereocenters. The average Bonchev–Trinajstić information content (AvgIpc) is 2.91. The first-order valence-corrected chi connectivity index (χ1v) is 7.83. The van der Waals surface area contributed by atoms with E-state index in [1.807, 2.05) is 0 Å². The highest BCUT2D eigenvalue weighted by Crippen LogP contribution is 2.45. The first-order valence-electron chi connectivity index (χ1n) is 7.83. The van der Waals surface area contributed by atoms with Gasteiger partial charge in [-0.15, -0.1) is 0 Å². The molecule has 3 rings (SSSR count). The van der Waals surface area contributed by atoms with Crippen LogP contribution in [-0.4, -0.2) is 27.2 Å². The minimum absolute atomic E-state index is 1.02. The Kier molecular flexibility index (Phi) is 3.62. The molecular weight excluding hydrogens is 256 g/mol. The second kappa shape index (κ2) is 5.44. The van der Waals surface area contributed by atoms with Crippen LogP contribution in [0.5, 0.6) is 0 Å². The van der Waals surface area contributed by atoms with Gasteiger partial charge in [-0.3, -0.25) is 0 Å². The van der Waals surface area contributed by atoms with Gasteiger partial charge in [0.1, 0.15) is 0 Å². The van der Waals surface area contributed by atoms with Crippen LogP contribution in [0.15, 0.2) is 36.4 Å². The van der Waals surface area contributed by atoms with E-state index in [-0.39, 0.29) is 0 Å². The van der Waals surface area contributed by atoms with E-state index >= 15 is 0 Å². The van der Waals surface area contributed by atoms with Gasteiger partial charge in [0.15, 0.2) is 0 Å². The summed E-state index contributed by atoms with van der Waals surface area (Å²) in [7, 11) is 4.38. The third kappa shape index (κ3) is 2.19. The molecule has 2 heteroatoms. The second-order valence-electron chi connectivity index (χ2n) is 5.82. The fourth-order valence-corrected chi connectivity index (χ4v) is 3.25. The molecule has 0 bridgehead atoms. The molecule has 0 aliphatic heterocycles. The van der Waals surface area contributed by atoms with E-state index in [4.69, 9.17) is 0 Å². The van der Waals surface area contributed by atoms with Crippen LogP contribution < -0.4 is 9.80 Å². The standard InChI is InChI=1S/C19H24N2/c1-5-20(3)18-12-11-16-15-10-8-7-9-14(15)13-17(16)19(18)21(4)6-2/h7-12H,5-6,13H2,1-4H3. The van der Waals surface area contributed by atoms with Crippen molar-refractivity contribution >= 4 is 11.4 Å². The van der Waals surface area contributed by atoms with Gasteiger partial charge in [-0.2, -0.15) is 0 Å². The molecule has 0 heterocycles. The van der Waals surface area contributed by atoms with Crippen LogP contribution in [0.2, 0.25) is 0 Å². The van der Waals surface area contributed by atoms with Crippen LogP contribution in [-0.2, 0) is 6.42 Å². The molecule has 2 aromatic carbocycles. The first-order chi connectivity index (χ1) is 10.2. The molecule has 0 amide bonds. The Morgan fingerprint density at radius 2 is 1.57 bits per heavy atom. The summed E-state index contributed by atoms with van der Waals surface area (Å²) >= 11 is 0. The Labute approximate surface area is 128 Å². The number of rotatable bonds is 4. The van der Waals surface area contributed by atoms with Gasteiger partial charge >= 0.3 is 0 Å². The number of hydrogen-bond donors (Lipinski definition) is 0. The molecule has 0 radical (unpaired) electrons. The summed E-state index contributed by atoms with van der Waals surface area (Å²) in [6.07, 6.45) is 1.05. The highest BCUT2D eigenvalue weighted by atomic mass is 15.2. The van der Waals surface area contributed by atoms with Gasteiger partial charge in [-0.05, 0) is 42.2 Å². The molecule has 1 aliphatic rings. The van der Waals surface area contributed by atoms with E-state index < -0.39 is 0 Å². The van der Waals surface area contributed by atoms with Crippen LogP contribution in [0.3, 0.4) is 0 Å². The third-order valence-corrected chi connectivity index (χ3v) is 4.68. The SMILES string of the molecule is CCN(C)c1ccc2c(c1N(C)CC)Cc1ccccc1-2. The van der Waals surface area contributed by atoms with Gasteiger partial charge in [0.25, 0.3) is 0 Å². The summed E-state index contributed by atoms with van der Waals surface area (Å²) in [6, 6.07) is 13.4. The monoisotopic (exact) mass is 280 g/mol. The molecule has 0 unspecified atom stereocenters. The van der Waals surface area contributed by atoms with Crippen molar-refractivity contribution in [3.05, 3.63) is 47.5 Å². The highest BCUT2D eigenvalue weighted by molar-refractivity contribution is 5.88. The molecular formula is C19H24N2. The number of hydrogen-bond acceptors (Lipinski definition) is 2. The summed E-state index contributed by atoms with van der Waals surface area (Å²) < 4.78 is 0. The molecule has 0 saturated carbocycles. The minimum atomic E-state index is 1.02. The van der Waals surface area contributed by atoms with Gasteiger partial charge in [0.2, 0.25) is 0 Å². The molecule has 0 saturated heterocycles. The zero-order valence-electron chi connectivity index (χ0n) is 13.5. The van der Waals surface area contributed by atoms with Crippen LogP contribution in [0.25, 0.3) is 11.1 Å². The normalized spacial score (nSPS) is 12.0. The molecule has 0 spiro atoms. The van der Waals surface area contributed by atoms with Crippen molar-refractivity contribution in [2.45, 2.75) is 20.3 Å². The molecule has 0 fully saturated rings. The number of nitrogens with zero attached hydrogens (tertiary/aromatic N) is 2. The predicted octanol–water partition coefficient (Wildman–Crippen LogP) is 4.17. The van der Waals surface area contributed by atoms with Crippen LogP contribution in [0.4, 0.5) is 11.4 Å². The van der Waals surface area contributed by atoms with E-state index in [0.717, 1.165) is 19.5 Å². The summed E-state index contributed by atoms with van der Waals surface area (Å²) in [5, 5.41) is 0. The van der Waals surface area contributed by atoms with Gasteiger partial charge in [-0.25, -0.2) is 0 Å². The van der Waals surface area contributed by atoms with Gasteiger partial charge < -0.3 is 9.80 Å². The van der Waals surface area contributed by atoms with Crippen LogP contribution in [0.1, 0.15) is 25.0 Å². The smallest absolute Gasteiger partial charge is 0.0643 e. The lowest BCUT2D eigenvalue weighted by Gasteiger charge is -2.29. The molecule has 110 valence electrons. The fourth-order valence-electron chi connectivity index (χ4n) is 3.25. The van der Waals surface area contributed by atoms with Crippen molar-refractivity contribution in [3.63, 3.8) is 0 Å². The Hall–Kier alpha value is -1.96. The Balaban J connectivity index is 2.20. The van der Waals surface area contributed by atoms with E-state index in [9.17, 15) is 0 Å². The lowest BCUT2D eigenvalue weighted by molar-refractivity contribution is 0.921. The summed E-state index contributed by atoms with van der Waals surface area (Å²) in [5.41, 5.74) is 8.50. The average molecular weight is 280 g/mol. The highest BCUT2D eigenvalue weighted by Gasteiger charge is 2.25. The Bertz CT molecular complexity index is 661. The third-order valence-electron chi connectivity index (χ3n) is 4.68. The number of anilines is 2. The largest absolute Gasteiger partial charge is 0.373 e. The zero-order valence-corrected chi connectivity index (χ0v) is 13.5. The maximum Gasteiger partial charge on any atom is 0.0643 e. The van der Waals surface area contributed by atoms with Gasteiger partial charge in [0, 0.05) is 33.6 Å². The molecule has 2 nitrogen and oxygen atoms in total. The van der Waals surface area contributed by atoms with Gasteiger partial charge in [0.05, 0.1) is 11.4 Å².